The summed E-state index contributed by atoms with van der Waals surface area (Å²) >= 11 is 0. The number of nitrogens with one attached hydrogen (secondary N) is 2. The fourth-order valence-corrected chi connectivity index (χ4v) is 3.71. The summed E-state index contributed by atoms with van der Waals surface area (Å²) in [5.74, 6) is 0.328. The Labute approximate surface area is 178 Å². The van der Waals surface area contributed by atoms with Crippen LogP contribution in [0.3, 0.4) is 0 Å². The summed E-state index contributed by atoms with van der Waals surface area (Å²) in [4.78, 5) is 41.4. The standard InChI is InChI=1S/C20H23N5O3.CH2O2/c1-13-18(23-12-28-13)20(27)24-15-7-5-14(6-8-15)19(26)22-11-16-10-21-17-4-2-3-9-25(16)17;2-1-3/h2-4,9-10,12,14-15H,5-8,11H2,1H3,(H,22,26)(H,24,27);1H,(H,2,3). The van der Waals surface area contributed by atoms with E-state index in [4.69, 9.17) is 14.3 Å². The normalized spacial score (nSPS) is 18.0. The first kappa shape index (κ1) is 22.0. The van der Waals surface area contributed by atoms with Gasteiger partial charge >= 0.3 is 0 Å². The van der Waals surface area contributed by atoms with Crippen LogP contribution in [0.2, 0.25) is 0 Å². The summed E-state index contributed by atoms with van der Waals surface area (Å²) in [7, 11) is 0. The SMILES string of the molecule is Cc1ocnc1C(=O)NC1CCC(C(=O)NCc2cnc3ccccn23)CC1.O=CO. The molecule has 4 rings (SSSR count). The van der Waals surface area contributed by atoms with Gasteiger partial charge in [-0.05, 0) is 44.7 Å². The van der Waals surface area contributed by atoms with Crippen molar-refractivity contribution in [3.05, 3.63) is 54.1 Å². The van der Waals surface area contributed by atoms with Gasteiger partial charge in [0.25, 0.3) is 12.4 Å². The van der Waals surface area contributed by atoms with Gasteiger partial charge in [-0.15, -0.1) is 0 Å². The Kier molecular flexibility index (Phi) is 7.36. The van der Waals surface area contributed by atoms with Gasteiger partial charge in [0.05, 0.1) is 18.4 Å². The summed E-state index contributed by atoms with van der Waals surface area (Å²) < 4.78 is 7.05. The second-order valence-corrected chi connectivity index (χ2v) is 7.28. The van der Waals surface area contributed by atoms with Crippen molar-refractivity contribution in [3.8, 4) is 0 Å². The summed E-state index contributed by atoms with van der Waals surface area (Å²) in [6.07, 6.45) is 8.05. The molecule has 0 aromatic carbocycles. The minimum Gasteiger partial charge on any atom is -0.483 e. The number of fused-ring (bicyclic) bond motifs is 1. The lowest BCUT2D eigenvalue weighted by Crippen LogP contribution is -2.41. The van der Waals surface area contributed by atoms with Gasteiger partial charge in [-0.2, -0.15) is 0 Å². The molecule has 1 aliphatic rings. The zero-order valence-corrected chi connectivity index (χ0v) is 17.2. The van der Waals surface area contributed by atoms with E-state index in [1.807, 2.05) is 28.8 Å². The molecule has 3 aromatic rings. The molecule has 0 spiro atoms. The molecule has 0 atom stereocenters. The molecule has 0 aliphatic heterocycles. The number of aryl methyl sites for hydroxylation is 1. The number of pyridine rings is 1. The minimum atomic E-state index is -0.250. The van der Waals surface area contributed by atoms with E-state index in [-0.39, 0.29) is 30.2 Å². The van der Waals surface area contributed by atoms with E-state index in [0.29, 0.717) is 18.0 Å². The molecule has 10 heteroatoms. The van der Waals surface area contributed by atoms with Gasteiger partial charge in [0.15, 0.2) is 12.1 Å². The van der Waals surface area contributed by atoms with E-state index in [1.165, 1.54) is 6.39 Å². The van der Waals surface area contributed by atoms with Crippen molar-refractivity contribution in [1.29, 1.82) is 0 Å². The van der Waals surface area contributed by atoms with E-state index >= 15 is 0 Å². The van der Waals surface area contributed by atoms with Gasteiger partial charge in [-0.25, -0.2) is 9.97 Å². The molecule has 164 valence electrons. The van der Waals surface area contributed by atoms with Crippen LogP contribution in [0.15, 0.2) is 41.4 Å². The highest BCUT2D eigenvalue weighted by atomic mass is 16.3. The lowest BCUT2D eigenvalue weighted by atomic mass is 9.85. The van der Waals surface area contributed by atoms with Gasteiger partial charge in [0.2, 0.25) is 5.91 Å². The van der Waals surface area contributed by atoms with Crippen molar-refractivity contribution in [2.75, 3.05) is 0 Å². The molecular weight excluding hydrogens is 402 g/mol. The third kappa shape index (κ3) is 5.47. The van der Waals surface area contributed by atoms with Crippen LogP contribution in [-0.2, 0) is 16.1 Å². The first-order valence-electron chi connectivity index (χ1n) is 10.0. The van der Waals surface area contributed by atoms with Crippen LogP contribution in [0.1, 0.15) is 47.6 Å². The van der Waals surface area contributed by atoms with E-state index in [2.05, 4.69) is 20.6 Å². The number of nitrogens with zero attached hydrogens (tertiary/aromatic N) is 3. The van der Waals surface area contributed by atoms with E-state index in [9.17, 15) is 9.59 Å². The molecule has 31 heavy (non-hydrogen) atoms. The van der Waals surface area contributed by atoms with Gasteiger partial charge in [0, 0.05) is 18.2 Å². The fraction of sp³-hybridized carbons (Fsp3) is 0.381. The number of aromatic nitrogens is 3. The second kappa shape index (κ2) is 10.4. The minimum absolute atomic E-state index is 0.0267. The van der Waals surface area contributed by atoms with Gasteiger partial charge < -0.3 is 24.6 Å². The van der Waals surface area contributed by atoms with Crippen molar-refractivity contribution in [1.82, 2.24) is 25.0 Å². The van der Waals surface area contributed by atoms with Crippen LogP contribution in [0.5, 0.6) is 0 Å². The molecule has 1 saturated carbocycles. The number of amides is 2. The maximum absolute atomic E-state index is 12.5. The highest BCUT2D eigenvalue weighted by Gasteiger charge is 2.28. The van der Waals surface area contributed by atoms with Crippen LogP contribution in [0.25, 0.3) is 5.65 Å². The topological polar surface area (TPSA) is 139 Å². The average molecular weight is 427 g/mol. The predicted octanol–water partition coefficient (Wildman–Crippen LogP) is 1.94. The molecule has 0 unspecified atom stereocenters. The highest BCUT2D eigenvalue weighted by molar-refractivity contribution is 5.93. The van der Waals surface area contributed by atoms with E-state index in [0.717, 1.165) is 37.0 Å². The highest BCUT2D eigenvalue weighted by Crippen LogP contribution is 2.25. The number of rotatable bonds is 5. The third-order valence-corrected chi connectivity index (χ3v) is 5.33. The number of carbonyl (C=O) groups excluding carboxylic acids is 2. The van der Waals surface area contributed by atoms with Crippen molar-refractivity contribution >= 4 is 23.9 Å². The molecule has 3 N–H and O–H groups in total. The number of oxazole rings is 1. The quantitative estimate of drug-likeness (QED) is 0.529. The number of carbonyl (C=O) groups is 3. The molecule has 0 radical (unpaired) electrons. The summed E-state index contributed by atoms with van der Waals surface area (Å²) in [5.41, 5.74) is 2.14. The summed E-state index contributed by atoms with van der Waals surface area (Å²) in [6.45, 7) is 1.92. The Hall–Kier alpha value is -3.69. The Morgan fingerprint density at radius 2 is 2.00 bits per heavy atom. The third-order valence-electron chi connectivity index (χ3n) is 5.33. The van der Waals surface area contributed by atoms with Crippen LogP contribution < -0.4 is 10.6 Å². The van der Waals surface area contributed by atoms with Crippen molar-refractivity contribution < 1.29 is 23.9 Å². The lowest BCUT2D eigenvalue weighted by molar-refractivity contribution is -0.126. The first-order valence-corrected chi connectivity index (χ1v) is 10.0. The molecule has 2 amide bonds. The van der Waals surface area contributed by atoms with Crippen LogP contribution in [-0.4, -0.2) is 43.8 Å². The van der Waals surface area contributed by atoms with E-state index < -0.39 is 0 Å². The van der Waals surface area contributed by atoms with Gasteiger partial charge in [0.1, 0.15) is 11.4 Å². The smallest absolute Gasteiger partial charge is 0.290 e. The molecule has 1 fully saturated rings. The van der Waals surface area contributed by atoms with Crippen molar-refractivity contribution in [2.45, 2.75) is 45.2 Å². The fourth-order valence-electron chi connectivity index (χ4n) is 3.71. The van der Waals surface area contributed by atoms with Crippen LogP contribution in [0, 0.1) is 12.8 Å². The van der Waals surface area contributed by atoms with Crippen LogP contribution in [0.4, 0.5) is 0 Å². The van der Waals surface area contributed by atoms with Gasteiger partial charge in [-0.1, -0.05) is 6.07 Å². The average Bonchev–Trinajstić information content (AvgIpc) is 3.39. The zero-order valence-electron chi connectivity index (χ0n) is 17.2. The Balaban J connectivity index is 0.000000858. The van der Waals surface area contributed by atoms with Gasteiger partial charge in [-0.3, -0.25) is 14.4 Å². The molecule has 1 aliphatic carbocycles. The molecule has 0 bridgehead atoms. The predicted molar refractivity (Wildman–Crippen MR) is 110 cm³/mol. The number of hydrogen-bond acceptors (Lipinski definition) is 6. The summed E-state index contributed by atoms with van der Waals surface area (Å²) in [6, 6.07) is 5.87. The number of imidazole rings is 1. The van der Waals surface area contributed by atoms with Crippen molar-refractivity contribution in [2.24, 2.45) is 5.92 Å². The van der Waals surface area contributed by atoms with Crippen LogP contribution >= 0.6 is 0 Å². The molecule has 0 saturated heterocycles. The second-order valence-electron chi connectivity index (χ2n) is 7.28. The largest absolute Gasteiger partial charge is 0.483 e. The maximum atomic E-state index is 12.5. The number of carboxylic acid groups (broad SMARTS) is 1. The number of hydrogen-bond donors (Lipinski definition) is 3. The zero-order chi connectivity index (χ0) is 22.2. The molecule has 10 nitrogen and oxygen atoms in total. The Bertz CT molecular complexity index is 1040. The van der Waals surface area contributed by atoms with Crippen molar-refractivity contribution in [3.63, 3.8) is 0 Å². The Morgan fingerprint density at radius 3 is 2.68 bits per heavy atom. The Morgan fingerprint density at radius 1 is 1.26 bits per heavy atom. The first-order chi connectivity index (χ1) is 15.0. The monoisotopic (exact) mass is 427 g/mol. The molecule has 3 aromatic heterocycles. The maximum Gasteiger partial charge on any atom is 0.290 e. The lowest BCUT2D eigenvalue weighted by Gasteiger charge is -2.28. The van der Waals surface area contributed by atoms with E-state index in [1.54, 1.807) is 13.1 Å². The summed E-state index contributed by atoms with van der Waals surface area (Å²) in [5, 5.41) is 12.9. The molecular formula is C21H25N5O5. The molecule has 3 heterocycles.